The summed E-state index contributed by atoms with van der Waals surface area (Å²) in [7, 11) is 0. The zero-order chi connectivity index (χ0) is 16.9. The van der Waals surface area contributed by atoms with Crippen LogP contribution >= 0.6 is 0 Å². The number of rotatable bonds is 4. The van der Waals surface area contributed by atoms with Crippen molar-refractivity contribution in [1.29, 1.82) is 0 Å². The first-order valence-electron chi connectivity index (χ1n) is 8.03. The summed E-state index contributed by atoms with van der Waals surface area (Å²) in [6, 6.07) is 10.1. The van der Waals surface area contributed by atoms with Crippen LogP contribution in [-0.4, -0.2) is 40.1 Å². The molecule has 0 spiro atoms. The molecule has 0 saturated carbocycles. The summed E-state index contributed by atoms with van der Waals surface area (Å²) in [4.78, 5) is 25.7. The SMILES string of the molecule is NC(=O)NC(=O)[C@H](c1ccccc1)N1CCC(c2ccn[nH]2)CC1. The molecule has 1 aliphatic rings. The number of carbonyl (C=O) groups excluding carboxylic acids is 2. The summed E-state index contributed by atoms with van der Waals surface area (Å²) in [6.45, 7) is 1.52. The molecule has 0 aliphatic carbocycles. The number of nitrogens with one attached hydrogen (secondary N) is 2. The van der Waals surface area contributed by atoms with Crippen molar-refractivity contribution < 1.29 is 9.59 Å². The maximum atomic E-state index is 12.5. The highest BCUT2D eigenvalue weighted by Gasteiger charge is 2.32. The summed E-state index contributed by atoms with van der Waals surface area (Å²) < 4.78 is 0. The van der Waals surface area contributed by atoms with E-state index in [9.17, 15) is 9.59 Å². The number of aromatic nitrogens is 2. The first kappa shape index (κ1) is 16.2. The number of amides is 3. The summed E-state index contributed by atoms with van der Waals surface area (Å²) in [5.41, 5.74) is 7.11. The topological polar surface area (TPSA) is 104 Å². The van der Waals surface area contributed by atoms with Gasteiger partial charge in [-0.1, -0.05) is 30.3 Å². The Morgan fingerprint density at radius 1 is 1.21 bits per heavy atom. The third-order valence-corrected chi connectivity index (χ3v) is 4.47. The number of H-pyrrole nitrogens is 1. The Balaban J connectivity index is 1.74. The van der Waals surface area contributed by atoms with Gasteiger partial charge in [0.2, 0.25) is 5.91 Å². The van der Waals surface area contributed by atoms with E-state index in [4.69, 9.17) is 5.73 Å². The maximum absolute atomic E-state index is 12.5. The van der Waals surface area contributed by atoms with Crippen LogP contribution in [0.2, 0.25) is 0 Å². The molecule has 2 aromatic rings. The van der Waals surface area contributed by atoms with E-state index in [2.05, 4.69) is 20.4 Å². The minimum Gasteiger partial charge on any atom is -0.351 e. The van der Waals surface area contributed by atoms with Gasteiger partial charge >= 0.3 is 6.03 Å². The molecule has 1 fully saturated rings. The number of benzene rings is 1. The van der Waals surface area contributed by atoms with E-state index < -0.39 is 12.1 Å². The van der Waals surface area contributed by atoms with Gasteiger partial charge in [0.1, 0.15) is 6.04 Å². The highest BCUT2D eigenvalue weighted by molar-refractivity contribution is 5.96. The Morgan fingerprint density at radius 2 is 1.92 bits per heavy atom. The number of aromatic amines is 1. The van der Waals surface area contributed by atoms with Crippen molar-refractivity contribution in [1.82, 2.24) is 20.4 Å². The third kappa shape index (κ3) is 3.62. The predicted molar refractivity (Wildman–Crippen MR) is 89.0 cm³/mol. The van der Waals surface area contributed by atoms with Crippen molar-refractivity contribution in [3.63, 3.8) is 0 Å². The van der Waals surface area contributed by atoms with Gasteiger partial charge in [-0.05, 0) is 37.6 Å². The quantitative estimate of drug-likeness (QED) is 0.792. The van der Waals surface area contributed by atoms with Crippen LogP contribution in [0, 0.1) is 0 Å². The highest BCUT2D eigenvalue weighted by Crippen LogP contribution is 2.31. The minimum absolute atomic E-state index is 0.381. The van der Waals surface area contributed by atoms with Crippen LogP contribution in [-0.2, 0) is 4.79 Å². The van der Waals surface area contributed by atoms with Gasteiger partial charge in [-0.2, -0.15) is 5.10 Å². The van der Waals surface area contributed by atoms with Crippen molar-refractivity contribution in [2.45, 2.75) is 24.8 Å². The van der Waals surface area contributed by atoms with E-state index in [1.54, 1.807) is 6.20 Å². The number of hydrogen-bond donors (Lipinski definition) is 3. The molecule has 3 amide bonds. The minimum atomic E-state index is -0.826. The van der Waals surface area contributed by atoms with Gasteiger partial charge in [-0.3, -0.25) is 20.1 Å². The summed E-state index contributed by atoms with van der Waals surface area (Å²) >= 11 is 0. The number of piperidine rings is 1. The molecular formula is C17H21N5O2. The van der Waals surface area contributed by atoms with E-state index in [1.807, 2.05) is 36.4 Å². The smallest absolute Gasteiger partial charge is 0.318 e. The van der Waals surface area contributed by atoms with Gasteiger partial charge in [0.05, 0.1) is 0 Å². The number of hydrogen-bond acceptors (Lipinski definition) is 4. The molecule has 2 heterocycles. The Kier molecular flexibility index (Phi) is 4.90. The lowest BCUT2D eigenvalue weighted by Crippen LogP contribution is -2.46. The number of carbonyl (C=O) groups is 2. The van der Waals surface area contributed by atoms with Crippen LogP contribution in [0.3, 0.4) is 0 Å². The molecule has 1 aromatic heterocycles. The number of likely N-dealkylation sites (tertiary alicyclic amines) is 1. The highest BCUT2D eigenvalue weighted by atomic mass is 16.2. The fraction of sp³-hybridized carbons (Fsp3) is 0.353. The summed E-state index contributed by atoms with van der Waals surface area (Å²) in [5.74, 6) is 0.0352. The van der Waals surface area contributed by atoms with Gasteiger partial charge in [0, 0.05) is 17.8 Å². The first-order chi connectivity index (χ1) is 11.6. The zero-order valence-electron chi connectivity index (χ0n) is 13.3. The van der Waals surface area contributed by atoms with Gasteiger partial charge in [0.25, 0.3) is 0 Å². The van der Waals surface area contributed by atoms with E-state index in [0.717, 1.165) is 37.2 Å². The average molecular weight is 327 g/mol. The molecule has 24 heavy (non-hydrogen) atoms. The summed E-state index contributed by atoms with van der Waals surface area (Å²) in [5, 5.41) is 9.25. The van der Waals surface area contributed by atoms with Crippen LogP contribution < -0.4 is 11.1 Å². The lowest BCUT2D eigenvalue weighted by molar-refractivity contribution is -0.126. The van der Waals surface area contributed by atoms with Gasteiger partial charge in [0.15, 0.2) is 0 Å². The van der Waals surface area contributed by atoms with Crippen LogP contribution in [0.15, 0.2) is 42.6 Å². The molecule has 1 saturated heterocycles. The molecule has 3 rings (SSSR count). The van der Waals surface area contributed by atoms with E-state index >= 15 is 0 Å². The zero-order valence-corrected chi connectivity index (χ0v) is 13.3. The van der Waals surface area contributed by atoms with Crippen molar-refractivity contribution >= 4 is 11.9 Å². The van der Waals surface area contributed by atoms with Crippen molar-refractivity contribution in [2.75, 3.05) is 13.1 Å². The molecule has 1 aliphatic heterocycles. The second kappa shape index (κ2) is 7.27. The Labute approximate surface area is 140 Å². The normalized spacial score (nSPS) is 17.3. The number of primary amides is 1. The predicted octanol–water partition coefficient (Wildman–Crippen LogP) is 1.53. The molecule has 0 unspecified atom stereocenters. The van der Waals surface area contributed by atoms with E-state index in [0.29, 0.717) is 5.92 Å². The van der Waals surface area contributed by atoms with Crippen LogP contribution in [0.5, 0.6) is 0 Å². The van der Waals surface area contributed by atoms with Gasteiger partial charge in [-0.25, -0.2) is 4.79 Å². The number of nitrogens with zero attached hydrogens (tertiary/aromatic N) is 2. The molecule has 0 bridgehead atoms. The van der Waals surface area contributed by atoms with Gasteiger partial charge in [-0.15, -0.1) is 0 Å². The van der Waals surface area contributed by atoms with Crippen LogP contribution in [0.4, 0.5) is 4.79 Å². The molecule has 7 heteroatoms. The third-order valence-electron chi connectivity index (χ3n) is 4.47. The average Bonchev–Trinajstić information content (AvgIpc) is 3.10. The number of imide groups is 1. The maximum Gasteiger partial charge on any atom is 0.318 e. The molecule has 0 radical (unpaired) electrons. The Hall–Kier alpha value is -2.67. The fourth-order valence-corrected chi connectivity index (χ4v) is 3.32. The first-order valence-corrected chi connectivity index (χ1v) is 8.03. The molecule has 1 aromatic carbocycles. The lowest BCUT2D eigenvalue weighted by atomic mass is 9.91. The van der Waals surface area contributed by atoms with E-state index in [-0.39, 0.29) is 5.91 Å². The van der Waals surface area contributed by atoms with Crippen molar-refractivity contribution in [3.05, 3.63) is 53.9 Å². The second-order valence-electron chi connectivity index (χ2n) is 5.99. The second-order valence-corrected chi connectivity index (χ2v) is 5.99. The number of urea groups is 1. The standard InChI is InChI=1S/C17H21N5O2/c18-17(24)20-16(23)15(13-4-2-1-3-5-13)22-10-7-12(8-11-22)14-6-9-19-21-14/h1-6,9,12,15H,7-8,10-11H2,(H,19,21)(H3,18,20,23,24)/t15-/m0/s1. The Bertz CT molecular complexity index is 678. The number of nitrogens with two attached hydrogens (primary N) is 1. The van der Waals surface area contributed by atoms with E-state index in [1.165, 1.54) is 0 Å². The lowest BCUT2D eigenvalue weighted by Gasteiger charge is -2.36. The van der Waals surface area contributed by atoms with Gasteiger partial charge < -0.3 is 5.73 Å². The van der Waals surface area contributed by atoms with Crippen LogP contribution in [0.1, 0.15) is 36.1 Å². The monoisotopic (exact) mass is 327 g/mol. The largest absolute Gasteiger partial charge is 0.351 e. The van der Waals surface area contributed by atoms with Crippen molar-refractivity contribution in [3.8, 4) is 0 Å². The Morgan fingerprint density at radius 3 is 2.50 bits per heavy atom. The van der Waals surface area contributed by atoms with Crippen LogP contribution in [0.25, 0.3) is 0 Å². The molecular weight excluding hydrogens is 306 g/mol. The van der Waals surface area contributed by atoms with Crippen molar-refractivity contribution in [2.24, 2.45) is 5.73 Å². The summed E-state index contributed by atoms with van der Waals surface area (Å²) in [6.07, 6.45) is 3.61. The molecule has 7 nitrogen and oxygen atoms in total. The molecule has 1 atom stereocenters. The molecule has 4 N–H and O–H groups in total. The molecule has 126 valence electrons. The fourth-order valence-electron chi connectivity index (χ4n) is 3.32.